The van der Waals surface area contributed by atoms with Crippen molar-refractivity contribution >= 4 is 0 Å². The summed E-state index contributed by atoms with van der Waals surface area (Å²) in [5, 5.41) is 0. The summed E-state index contributed by atoms with van der Waals surface area (Å²) in [7, 11) is 0. The van der Waals surface area contributed by atoms with Crippen LogP contribution < -0.4 is 0 Å². The Bertz CT molecular complexity index is 556. The molecule has 20 heavy (non-hydrogen) atoms. The molecule has 0 atom stereocenters. The van der Waals surface area contributed by atoms with Gasteiger partial charge < -0.3 is 0 Å². The van der Waals surface area contributed by atoms with Gasteiger partial charge in [-0.1, -0.05) is 24.3 Å². The van der Waals surface area contributed by atoms with Crippen LogP contribution >= 0.6 is 0 Å². The van der Waals surface area contributed by atoms with Gasteiger partial charge in [-0.25, -0.2) is 0 Å². The highest BCUT2D eigenvalue weighted by Gasteiger charge is 2.11. The maximum absolute atomic E-state index is 2.40. The lowest BCUT2D eigenvalue weighted by atomic mass is 9.87. The first-order chi connectivity index (χ1) is 9.54. The Morgan fingerprint density at radius 1 is 0.500 bits per heavy atom. The van der Waals surface area contributed by atoms with Crippen molar-refractivity contribution in [1.29, 1.82) is 0 Å². The lowest BCUT2D eigenvalue weighted by molar-refractivity contribution is 0.887. The third kappa shape index (κ3) is 2.40. The molecule has 0 aliphatic heterocycles. The van der Waals surface area contributed by atoms with E-state index in [1.165, 1.54) is 33.4 Å². The predicted molar refractivity (Wildman–Crippen MR) is 86.6 cm³/mol. The smallest absolute Gasteiger partial charge is 0.0233 e. The first-order valence-electron chi connectivity index (χ1n) is 7.72. The molecule has 4 aliphatic rings. The number of aryl methyl sites for hydroxylation is 6. The van der Waals surface area contributed by atoms with E-state index < -0.39 is 0 Å². The van der Waals surface area contributed by atoms with E-state index in [1.54, 1.807) is 11.1 Å². The molecule has 0 nitrogen and oxygen atoms in total. The Kier molecular flexibility index (Phi) is 3.41. The summed E-state index contributed by atoms with van der Waals surface area (Å²) in [5.74, 6) is 0. The molecule has 104 valence electrons. The van der Waals surface area contributed by atoms with Crippen LogP contribution in [0.15, 0.2) is 24.3 Å². The standard InChI is InChI=1S/C20H24/c1-13-9-17-6-8-20-15(3)11-18(12-16(20)4)5-7-19(13)14(2)10-17/h9-12H,5-8H2,1-4H3. The van der Waals surface area contributed by atoms with Crippen molar-refractivity contribution in [3.8, 4) is 0 Å². The van der Waals surface area contributed by atoms with Gasteiger partial charge in [0.2, 0.25) is 0 Å². The second-order valence-electron chi connectivity index (χ2n) is 6.42. The van der Waals surface area contributed by atoms with E-state index in [2.05, 4.69) is 52.0 Å². The van der Waals surface area contributed by atoms with Gasteiger partial charge in [-0.15, -0.1) is 0 Å². The Labute approximate surface area is 122 Å². The highest BCUT2D eigenvalue weighted by atomic mass is 14.2. The molecule has 0 saturated heterocycles. The summed E-state index contributed by atoms with van der Waals surface area (Å²) in [6, 6.07) is 9.61. The quantitative estimate of drug-likeness (QED) is 0.641. The summed E-state index contributed by atoms with van der Waals surface area (Å²) < 4.78 is 0. The van der Waals surface area contributed by atoms with E-state index in [-0.39, 0.29) is 0 Å². The van der Waals surface area contributed by atoms with E-state index in [4.69, 9.17) is 0 Å². The molecule has 0 heteroatoms. The largest absolute Gasteiger partial charge is 0.0558 e. The van der Waals surface area contributed by atoms with Gasteiger partial charge in [0.15, 0.2) is 0 Å². The molecule has 2 aromatic carbocycles. The summed E-state index contributed by atoms with van der Waals surface area (Å²) >= 11 is 0. The maximum atomic E-state index is 2.40. The zero-order valence-electron chi connectivity index (χ0n) is 13.1. The van der Waals surface area contributed by atoms with Crippen molar-refractivity contribution in [2.75, 3.05) is 0 Å². The fourth-order valence-corrected chi connectivity index (χ4v) is 3.78. The average Bonchev–Trinajstić information content (AvgIpc) is 2.35. The Morgan fingerprint density at radius 2 is 0.800 bits per heavy atom. The monoisotopic (exact) mass is 264 g/mol. The van der Waals surface area contributed by atoms with Gasteiger partial charge in [0.1, 0.15) is 0 Å². The van der Waals surface area contributed by atoms with Crippen LogP contribution in [0.1, 0.15) is 44.5 Å². The summed E-state index contributed by atoms with van der Waals surface area (Å²) in [5.41, 5.74) is 12.0. The first-order valence-corrected chi connectivity index (χ1v) is 7.72. The fourth-order valence-electron chi connectivity index (χ4n) is 3.78. The van der Waals surface area contributed by atoms with Crippen LogP contribution in [0.3, 0.4) is 0 Å². The van der Waals surface area contributed by atoms with Crippen molar-refractivity contribution in [3.05, 3.63) is 68.8 Å². The van der Waals surface area contributed by atoms with Crippen molar-refractivity contribution < 1.29 is 0 Å². The van der Waals surface area contributed by atoms with E-state index in [1.807, 2.05) is 0 Å². The first kappa shape index (κ1) is 13.4. The summed E-state index contributed by atoms with van der Waals surface area (Å²) in [4.78, 5) is 0. The normalized spacial score (nSPS) is 14.2. The van der Waals surface area contributed by atoms with Crippen LogP contribution in [0.5, 0.6) is 0 Å². The van der Waals surface area contributed by atoms with Crippen molar-refractivity contribution in [1.82, 2.24) is 0 Å². The van der Waals surface area contributed by atoms with Crippen LogP contribution in [0.25, 0.3) is 0 Å². The minimum Gasteiger partial charge on any atom is -0.0558 e. The summed E-state index contributed by atoms with van der Waals surface area (Å²) in [6.45, 7) is 9.09. The van der Waals surface area contributed by atoms with Gasteiger partial charge in [-0.2, -0.15) is 0 Å². The van der Waals surface area contributed by atoms with Crippen LogP contribution in [0.2, 0.25) is 0 Å². The van der Waals surface area contributed by atoms with Crippen LogP contribution in [-0.4, -0.2) is 0 Å². The lowest BCUT2D eigenvalue weighted by Gasteiger charge is -2.18. The fraction of sp³-hybridized carbons (Fsp3) is 0.400. The van der Waals surface area contributed by atoms with Crippen molar-refractivity contribution in [2.24, 2.45) is 0 Å². The molecule has 0 heterocycles. The molecule has 4 bridgehead atoms. The van der Waals surface area contributed by atoms with E-state index in [0.717, 1.165) is 25.7 Å². The van der Waals surface area contributed by atoms with Gasteiger partial charge in [0.05, 0.1) is 0 Å². The second kappa shape index (κ2) is 5.09. The summed E-state index contributed by atoms with van der Waals surface area (Å²) in [6.07, 6.45) is 4.64. The van der Waals surface area contributed by atoms with Crippen LogP contribution in [0, 0.1) is 27.7 Å². The zero-order valence-corrected chi connectivity index (χ0v) is 13.1. The van der Waals surface area contributed by atoms with E-state index in [9.17, 15) is 0 Å². The third-order valence-corrected chi connectivity index (χ3v) is 4.84. The molecule has 2 aromatic rings. The Hall–Kier alpha value is -1.56. The number of hydrogen-bond donors (Lipinski definition) is 0. The van der Waals surface area contributed by atoms with E-state index in [0.29, 0.717) is 0 Å². The molecule has 0 unspecified atom stereocenters. The maximum Gasteiger partial charge on any atom is -0.0233 e. The topological polar surface area (TPSA) is 0 Å². The third-order valence-electron chi connectivity index (χ3n) is 4.84. The number of rotatable bonds is 0. The molecular weight excluding hydrogens is 240 g/mol. The van der Waals surface area contributed by atoms with Crippen LogP contribution in [0.4, 0.5) is 0 Å². The predicted octanol–water partition coefficient (Wildman–Crippen LogP) is 4.80. The highest BCUT2D eigenvalue weighted by molar-refractivity contribution is 5.43. The molecule has 0 fully saturated rings. The van der Waals surface area contributed by atoms with Gasteiger partial charge >= 0.3 is 0 Å². The number of hydrogen-bond acceptors (Lipinski definition) is 0. The molecule has 6 rings (SSSR count). The Balaban J connectivity index is 2.11. The van der Waals surface area contributed by atoms with Gasteiger partial charge in [0, 0.05) is 0 Å². The minimum absolute atomic E-state index is 1.16. The molecule has 0 aromatic heterocycles. The van der Waals surface area contributed by atoms with Gasteiger partial charge in [-0.05, 0) is 97.9 Å². The zero-order chi connectivity index (χ0) is 14.3. The van der Waals surface area contributed by atoms with Crippen molar-refractivity contribution in [3.63, 3.8) is 0 Å². The second-order valence-corrected chi connectivity index (χ2v) is 6.42. The Morgan fingerprint density at radius 3 is 1.10 bits per heavy atom. The van der Waals surface area contributed by atoms with Crippen LogP contribution in [-0.2, 0) is 25.7 Å². The SMILES string of the molecule is Cc1cc2cc(C)c1CCc1cc(C)c(c(C)c1)CC2. The number of benzene rings is 2. The lowest BCUT2D eigenvalue weighted by Crippen LogP contribution is -2.05. The average molecular weight is 264 g/mol. The molecule has 0 N–H and O–H groups in total. The molecule has 0 spiro atoms. The highest BCUT2D eigenvalue weighted by Crippen LogP contribution is 2.25. The molecule has 0 saturated carbocycles. The van der Waals surface area contributed by atoms with E-state index >= 15 is 0 Å². The minimum atomic E-state index is 1.16. The van der Waals surface area contributed by atoms with Gasteiger partial charge in [-0.3, -0.25) is 0 Å². The molecule has 0 radical (unpaired) electrons. The molecule has 4 aliphatic carbocycles. The molecular formula is C20H24. The molecule has 0 amide bonds. The van der Waals surface area contributed by atoms with Crippen molar-refractivity contribution in [2.45, 2.75) is 53.4 Å². The van der Waals surface area contributed by atoms with Gasteiger partial charge in [0.25, 0.3) is 0 Å².